The average Bonchev–Trinajstić information content (AvgIpc) is 2.98. The molecule has 1 aliphatic rings. The summed E-state index contributed by atoms with van der Waals surface area (Å²) in [7, 11) is 0. The number of carbonyl (C=O) groups is 3. The molecule has 1 saturated carbocycles. The van der Waals surface area contributed by atoms with Gasteiger partial charge >= 0.3 is 11.9 Å². The predicted octanol–water partition coefficient (Wildman–Crippen LogP) is 0.773. The fourth-order valence-electron chi connectivity index (χ4n) is 2.41. The molecule has 23 heavy (non-hydrogen) atoms. The van der Waals surface area contributed by atoms with Crippen molar-refractivity contribution in [1.82, 2.24) is 10.6 Å². The number of thioether (sulfide) groups is 1. The van der Waals surface area contributed by atoms with Crippen molar-refractivity contribution >= 4 is 29.6 Å². The van der Waals surface area contributed by atoms with Crippen LogP contribution in [0.1, 0.15) is 39.5 Å². The third kappa shape index (κ3) is 7.69. The molecule has 1 unspecified atom stereocenters. The zero-order chi connectivity index (χ0) is 17.2. The number of hydrogen-bond acceptors (Lipinski definition) is 6. The predicted molar refractivity (Wildman–Crippen MR) is 88.4 cm³/mol. The van der Waals surface area contributed by atoms with Gasteiger partial charge in [-0.2, -0.15) is 0 Å². The molecule has 7 nitrogen and oxygen atoms in total. The number of carbonyl (C=O) groups excluding carboxylic acids is 2. The summed E-state index contributed by atoms with van der Waals surface area (Å²) in [6, 6.07) is -1.34. The summed E-state index contributed by atoms with van der Waals surface area (Å²) in [5.74, 6) is -1.05. The number of ether oxygens (including phenoxy) is 1. The maximum Gasteiger partial charge on any atom is 0.324 e. The molecule has 3 N–H and O–H groups in total. The Morgan fingerprint density at radius 3 is 2.52 bits per heavy atom. The van der Waals surface area contributed by atoms with Crippen LogP contribution in [-0.2, 0) is 19.1 Å². The minimum absolute atomic E-state index is 0.0456. The lowest BCUT2D eigenvalue weighted by atomic mass is 10.2. The number of amides is 1. The number of esters is 1. The van der Waals surface area contributed by atoms with Gasteiger partial charge in [-0.3, -0.25) is 19.7 Å². The van der Waals surface area contributed by atoms with E-state index < -0.39 is 24.0 Å². The van der Waals surface area contributed by atoms with Gasteiger partial charge in [-0.05, 0) is 26.7 Å². The lowest BCUT2D eigenvalue weighted by Gasteiger charge is -2.19. The highest BCUT2D eigenvalue weighted by Gasteiger charge is 2.25. The van der Waals surface area contributed by atoms with E-state index in [2.05, 4.69) is 10.6 Å². The summed E-state index contributed by atoms with van der Waals surface area (Å²) >= 11 is 1.29. The fourth-order valence-corrected chi connectivity index (χ4v) is 3.26. The molecular formula is C15H26N2O5S. The van der Waals surface area contributed by atoms with E-state index in [1.54, 1.807) is 6.92 Å². The van der Waals surface area contributed by atoms with Gasteiger partial charge in [0.2, 0.25) is 5.91 Å². The Hall–Kier alpha value is -1.28. The van der Waals surface area contributed by atoms with E-state index in [9.17, 15) is 14.4 Å². The van der Waals surface area contributed by atoms with E-state index in [1.807, 2.05) is 0 Å². The molecule has 1 amide bonds. The summed E-state index contributed by atoms with van der Waals surface area (Å²) < 4.78 is 4.94. The molecule has 2 atom stereocenters. The lowest BCUT2D eigenvalue weighted by Crippen LogP contribution is -2.48. The second-order valence-electron chi connectivity index (χ2n) is 5.60. The molecule has 1 fully saturated rings. The summed E-state index contributed by atoms with van der Waals surface area (Å²) in [4.78, 5) is 34.6. The highest BCUT2D eigenvalue weighted by molar-refractivity contribution is 8.00. The summed E-state index contributed by atoms with van der Waals surface area (Å²) in [5, 5.41) is 14.6. The molecule has 1 aliphatic carbocycles. The second kappa shape index (κ2) is 10.5. The highest BCUT2D eigenvalue weighted by atomic mass is 32.2. The molecule has 0 aliphatic heterocycles. The van der Waals surface area contributed by atoms with Crippen molar-refractivity contribution in [3.63, 3.8) is 0 Å². The number of carboxylic acids is 1. The first-order chi connectivity index (χ1) is 10.9. The maximum absolute atomic E-state index is 11.9. The standard InChI is InChI=1S/C15H26N2O5S/c1-3-22-15(21)12(16-10(2)14(19)20)8-23-9-13(18)17-11-6-4-5-7-11/h10-12,16H,3-9H2,1-2H3,(H,17,18)(H,19,20)/t10-,12?/m0/s1. The van der Waals surface area contributed by atoms with E-state index in [-0.39, 0.29) is 30.1 Å². The smallest absolute Gasteiger partial charge is 0.324 e. The van der Waals surface area contributed by atoms with E-state index in [1.165, 1.54) is 18.7 Å². The Morgan fingerprint density at radius 2 is 1.96 bits per heavy atom. The number of hydrogen-bond donors (Lipinski definition) is 3. The van der Waals surface area contributed by atoms with Crippen LogP contribution in [-0.4, -0.2) is 59.2 Å². The van der Waals surface area contributed by atoms with Gasteiger partial charge in [-0.25, -0.2) is 0 Å². The summed E-state index contributed by atoms with van der Waals surface area (Å²) in [6.45, 7) is 3.38. The van der Waals surface area contributed by atoms with Crippen LogP contribution in [0, 0.1) is 0 Å². The average molecular weight is 346 g/mol. The van der Waals surface area contributed by atoms with Crippen molar-refractivity contribution < 1.29 is 24.2 Å². The van der Waals surface area contributed by atoms with Crippen LogP contribution in [0.5, 0.6) is 0 Å². The molecule has 8 heteroatoms. The normalized spacial score (nSPS) is 17.5. The Labute approximate surface area is 140 Å². The first-order valence-corrected chi connectivity index (χ1v) is 9.12. The largest absolute Gasteiger partial charge is 0.480 e. The highest BCUT2D eigenvalue weighted by Crippen LogP contribution is 2.17. The molecule has 0 aromatic rings. The Kier molecular flexibility index (Phi) is 9.01. The van der Waals surface area contributed by atoms with Crippen LogP contribution in [0.2, 0.25) is 0 Å². The topological polar surface area (TPSA) is 105 Å². The molecule has 0 aromatic carbocycles. The van der Waals surface area contributed by atoms with Gasteiger partial charge in [0.1, 0.15) is 12.1 Å². The number of nitrogens with one attached hydrogen (secondary N) is 2. The van der Waals surface area contributed by atoms with Crippen LogP contribution in [0.25, 0.3) is 0 Å². The van der Waals surface area contributed by atoms with Crippen LogP contribution in [0.3, 0.4) is 0 Å². The third-order valence-corrected chi connectivity index (χ3v) is 4.67. The van der Waals surface area contributed by atoms with Crippen LogP contribution in [0.15, 0.2) is 0 Å². The van der Waals surface area contributed by atoms with Gasteiger partial charge in [0, 0.05) is 11.8 Å². The molecular weight excluding hydrogens is 320 g/mol. The molecule has 0 radical (unpaired) electrons. The van der Waals surface area contributed by atoms with Gasteiger partial charge in [0.15, 0.2) is 0 Å². The number of carboxylic acid groups (broad SMARTS) is 1. The van der Waals surface area contributed by atoms with Gasteiger partial charge in [0.05, 0.1) is 12.4 Å². The minimum atomic E-state index is -1.04. The van der Waals surface area contributed by atoms with Crippen molar-refractivity contribution in [3.05, 3.63) is 0 Å². The molecule has 1 rings (SSSR count). The van der Waals surface area contributed by atoms with Gasteiger partial charge in [-0.1, -0.05) is 12.8 Å². The van der Waals surface area contributed by atoms with Crippen LogP contribution < -0.4 is 10.6 Å². The molecule has 0 heterocycles. The zero-order valence-corrected chi connectivity index (χ0v) is 14.5. The van der Waals surface area contributed by atoms with E-state index in [0.717, 1.165) is 25.7 Å². The van der Waals surface area contributed by atoms with E-state index in [0.29, 0.717) is 0 Å². The quantitative estimate of drug-likeness (QED) is 0.502. The van der Waals surface area contributed by atoms with Crippen molar-refractivity contribution in [2.24, 2.45) is 0 Å². The first kappa shape index (κ1) is 19.8. The molecule has 132 valence electrons. The maximum atomic E-state index is 11.9. The number of aliphatic carboxylic acids is 1. The third-order valence-electron chi connectivity index (χ3n) is 3.63. The Balaban J connectivity index is 2.38. The molecule has 0 spiro atoms. The first-order valence-electron chi connectivity index (χ1n) is 7.96. The van der Waals surface area contributed by atoms with E-state index in [4.69, 9.17) is 9.84 Å². The fraction of sp³-hybridized carbons (Fsp3) is 0.800. The second-order valence-corrected chi connectivity index (χ2v) is 6.63. The summed E-state index contributed by atoms with van der Waals surface area (Å²) in [5.41, 5.74) is 0. The van der Waals surface area contributed by atoms with Crippen molar-refractivity contribution in [2.45, 2.75) is 57.7 Å². The van der Waals surface area contributed by atoms with Gasteiger partial charge in [0.25, 0.3) is 0 Å². The Bertz CT molecular complexity index is 413. The van der Waals surface area contributed by atoms with Crippen molar-refractivity contribution in [3.8, 4) is 0 Å². The number of rotatable bonds is 10. The van der Waals surface area contributed by atoms with Crippen LogP contribution >= 0.6 is 11.8 Å². The Morgan fingerprint density at radius 1 is 1.30 bits per heavy atom. The van der Waals surface area contributed by atoms with Gasteiger partial charge in [-0.15, -0.1) is 11.8 Å². The summed E-state index contributed by atoms with van der Waals surface area (Å²) in [6.07, 6.45) is 4.36. The van der Waals surface area contributed by atoms with Gasteiger partial charge < -0.3 is 15.2 Å². The minimum Gasteiger partial charge on any atom is -0.480 e. The zero-order valence-electron chi connectivity index (χ0n) is 13.7. The van der Waals surface area contributed by atoms with Crippen molar-refractivity contribution in [2.75, 3.05) is 18.1 Å². The molecule has 0 aromatic heterocycles. The SMILES string of the molecule is CCOC(=O)C(CSCC(=O)NC1CCCC1)N[C@@H](C)C(=O)O. The van der Waals surface area contributed by atoms with E-state index >= 15 is 0 Å². The molecule has 0 saturated heterocycles. The lowest BCUT2D eigenvalue weighted by molar-refractivity contribution is -0.146. The van der Waals surface area contributed by atoms with Crippen LogP contribution in [0.4, 0.5) is 0 Å². The van der Waals surface area contributed by atoms with Crippen molar-refractivity contribution in [1.29, 1.82) is 0 Å². The molecule has 0 bridgehead atoms. The monoisotopic (exact) mass is 346 g/mol.